The number of carbonyl (C=O) groups is 1. The molecule has 7 heteroatoms. The minimum atomic E-state index is -0.518. The normalized spacial score (nSPS) is 15.0. The van der Waals surface area contributed by atoms with Crippen LogP contribution in [0.4, 0.5) is 9.93 Å². The Bertz CT molecular complexity index is 921. The van der Waals surface area contributed by atoms with Gasteiger partial charge in [0.15, 0.2) is 5.13 Å². The first-order valence-corrected chi connectivity index (χ1v) is 10.3. The van der Waals surface area contributed by atoms with Crippen molar-refractivity contribution in [2.45, 2.75) is 65.1 Å². The first kappa shape index (κ1) is 20.3. The summed E-state index contributed by atoms with van der Waals surface area (Å²) in [6.45, 7) is 10.0. The van der Waals surface area contributed by atoms with Gasteiger partial charge in [-0.1, -0.05) is 17.3 Å². The summed E-state index contributed by atoms with van der Waals surface area (Å²) in [6.07, 6.45) is 1.11. The highest BCUT2D eigenvalue weighted by Gasteiger charge is 2.21. The van der Waals surface area contributed by atoms with Crippen molar-refractivity contribution in [1.29, 1.82) is 0 Å². The fourth-order valence-corrected chi connectivity index (χ4v) is 4.08. The van der Waals surface area contributed by atoms with E-state index in [0.717, 1.165) is 27.5 Å². The average Bonchev–Trinajstić information content (AvgIpc) is 3.17. The number of benzene rings is 1. The number of nitrogens with one attached hydrogen (secondary N) is 2. The van der Waals surface area contributed by atoms with Crippen molar-refractivity contribution in [1.82, 2.24) is 10.3 Å². The smallest absolute Gasteiger partial charge is 0.407 e. The molecular weight excluding hydrogens is 374 g/mol. The molecule has 1 aliphatic heterocycles. The Morgan fingerprint density at radius 1 is 1.43 bits per heavy atom. The van der Waals surface area contributed by atoms with Crippen LogP contribution < -0.4 is 15.4 Å². The number of hydrogen-bond acceptors (Lipinski definition) is 6. The lowest BCUT2D eigenvalue weighted by Crippen LogP contribution is -2.40. The number of aromatic nitrogens is 1. The van der Waals surface area contributed by atoms with E-state index in [0.29, 0.717) is 13.0 Å². The molecule has 1 aromatic heterocycles. The van der Waals surface area contributed by atoms with E-state index in [9.17, 15) is 4.79 Å². The van der Waals surface area contributed by atoms with Gasteiger partial charge in [0.2, 0.25) is 0 Å². The van der Waals surface area contributed by atoms with E-state index >= 15 is 0 Å². The molecule has 0 bridgehead atoms. The van der Waals surface area contributed by atoms with E-state index < -0.39 is 11.7 Å². The number of nitrogens with zero attached hydrogens (tertiary/aromatic N) is 1. The van der Waals surface area contributed by atoms with Crippen molar-refractivity contribution in [2.75, 3.05) is 11.9 Å². The Hall–Kier alpha value is -2.46. The molecule has 0 fully saturated rings. The molecule has 150 valence electrons. The molecule has 0 saturated heterocycles. The first-order valence-electron chi connectivity index (χ1n) is 9.48. The second-order valence-electron chi connectivity index (χ2n) is 7.88. The van der Waals surface area contributed by atoms with Crippen LogP contribution in [0.3, 0.4) is 0 Å². The first-order chi connectivity index (χ1) is 13.2. The molecule has 28 heavy (non-hydrogen) atoms. The predicted molar refractivity (Wildman–Crippen MR) is 113 cm³/mol. The van der Waals surface area contributed by atoms with Crippen molar-refractivity contribution >= 4 is 32.8 Å². The Balaban J connectivity index is 1.67. The molecule has 1 aliphatic rings. The Morgan fingerprint density at radius 3 is 2.93 bits per heavy atom. The molecule has 2 aromatic rings. The van der Waals surface area contributed by atoms with Gasteiger partial charge < -0.3 is 20.1 Å². The van der Waals surface area contributed by atoms with Crippen LogP contribution in [-0.2, 0) is 11.2 Å². The van der Waals surface area contributed by atoms with Crippen molar-refractivity contribution in [3.8, 4) is 17.6 Å². The Kier molecular flexibility index (Phi) is 5.99. The van der Waals surface area contributed by atoms with Gasteiger partial charge >= 0.3 is 6.09 Å². The number of rotatable bonds is 5. The van der Waals surface area contributed by atoms with Gasteiger partial charge in [0, 0.05) is 18.0 Å². The summed E-state index contributed by atoms with van der Waals surface area (Å²) < 4.78 is 12.1. The maximum absolute atomic E-state index is 12.0. The fraction of sp³-hybridized carbons (Fsp3) is 0.524. The number of hydrogen-bond donors (Lipinski definition) is 2. The van der Waals surface area contributed by atoms with Crippen LogP contribution in [0.25, 0.3) is 10.2 Å². The van der Waals surface area contributed by atoms with Crippen molar-refractivity contribution in [3.63, 3.8) is 0 Å². The van der Waals surface area contributed by atoms with Crippen LogP contribution in [0.5, 0.6) is 5.75 Å². The standard InChI is InChI=1S/C21H27N3O3S/c1-6-7-14(12-13(2)22-20(25)27-21(3,4)5)23-19-24-18-15-10-11-26-16(15)8-9-17(18)28-19/h8-9,13-14H,10-12H2,1-5H3,(H,22,25)(H,23,24)/t13-,14?/m1/s1. The quantitative estimate of drug-likeness (QED) is 0.729. The molecule has 0 radical (unpaired) electrons. The van der Waals surface area contributed by atoms with Gasteiger partial charge in [-0.2, -0.15) is 0 Å². The Morgan fingerprint density at radius 2 is 2.21 bits per heavy atom. The summed E-state index contributed by atoms with van der Waals surface area (Å²) >= 11 is 1.61. The minimum absolute atomic E-state index is 0.0970. The summed E-state index contributed by atoms with van der Waals surface area (Å²) in [6, 6.07) is 3.85. The number of fused-ring (bicyclic) bond motifs is 3. The lowest BCUT2D eigenvalue weighted by molar-refractivity contribution is 0.0506. The van der Waals surface area contributed by atoms with Gasteiger partial charge in [-0.05, 0) is 53.2 Å². The van der Waals surface area contributed by atoms with Gasteiger partial charge in [0.05, 0.1) is 22.9 Å². The van der Waals surface area contributed by atoms with Gasteiger partial charge in [-0.15, -0.1) is 5.92 Å². The molecule has 0 spiro atoms. The second-order valence-corrected chi connectivity index (χ2v) is 8.91. The molecule has 2 heterocycles. The van der Waals surface area contributed by atoms with E-state index in [1.807, 2.05) is 40.7 Å². The van der Waals surface area contributed by atoms with Crippen LogP contribution >= 0.6 is 11.3 Å². The van der Waals surface area contributed by atoms with Crippen LogP contribution in [0.1, 0.15) is 46.6 Å². The van der Waals surface area contributed by atoms with E-state index in [-0.39, 0.29) is 12.1 Å². The Labute approximate surface area is 170 Å². The molecule has 3 rings (SSSR count). The lowest BCUT2D eigenvalue weighted by Gasteiger charge is -2.23. The van der Waals surface area contributed by atoms with E-state index in [1.165, 1.54) is 5.56 Å². The highest BCUT2D eigenvalue weighted by atomic mass is 32.1. The zero-order valence-corrected chi connectivity index (χ0v) is 17.8. The van der Waals surface area contributed by atoms with E-state index in [4.69, 9.17) is 14.5 Å². The molecule has 0 aliphatic carbocycles. The van der Waals surface area contributed by atoms with E-state index in [2.05, 4.69) is 28.5 Å². The summed E-state index contributed by atoms with van der Waals surface area (Å²) in [5.41, 5.74) is 1.67. The number of ether oxygens (including phenoxy) is 2. The number of anilines is 1. The largest absolute Gasteiger partial charge is 0.493 e. The maximum Gasteiger partial charge on any atom is 0.407 e. The molecule has 1 amide bonds. The monoisotopic (exact) mass is 401 g/mol. The van der Waals surface area contributed by atoms with Crippen LogP contribution in [0, 0.1) is 11.8 Å². The number of thiazole rings is 1. The van der Waals surface area contributed by atoms with Crippen LogP contribution in [-0.4, -0.2) is 35.4 Å². The summed E-state index contributed by atoms with van der Waals surface area (Å²) in [5, 5.41) is 7.11. The van der Waals surface area contributed by atoms with Crippen molar-refractivity contribution < 1.29 is 14.3 Å². The zero-order chi connectivity index (χ0) is 20.3. The van der Waals surface area contributed by atoms with E-state index in [1.54, 1.807) is 11.3 Å². The average molecular weight is 402 g/mol. The SMILES string of the molecule is CC#CC(C[C@@H](C)NC(=O)OC(C)(C)C)Nc1nc2c3c(ccc2s1)OCC3. The fourth-order valence-electron chi connectivity index (χ4n) is 3.13. The number of alkyl carbamates (subject to hydrolysis) is 1. The highest BCUT2D eigenvalue weighted by Crippen LogP contribution is 2.36. The van der Waals surface area contributed by atoms with Gasteiger partial charge in [0.25, 0.3) is 0 Å². The van der Waals surface area contributed by atoms with Crippen molar-refractivity contribution in [2.24, 2.45) is 0 Å². The number of amides is 1. The third-order valence-electron chi connectivity index (χ3n) is 4.20. The minimum Gasteiger partial charge on any atom is -0.493 e. The third-order valence-corrected chi connectivity index (χ3v) is 5.15. The summed E-state index contributed by atoms with van der Waals surface area (Å²) in [7, 11) is 0. The van der Waals surface area contributed by atoms with Crippen LogP contribution in [0.15, 0.2) is 12.1 Å². The van der Waals surface area contributed by atoms with Crippen LogP contribution in [0.2, 0.25) is 0 Å². The van der Waals surface area contributed by atoms with Gasteiger partial charge in [-0.25, -0.2) is 9.78 Å². The van der Waals surface area contributed by atoms with Gasteiger partial charge in [-0.3, -0.25) is 0 Å². The zero-order valence-electron chi connectivity index (χ0n) is 17.0. The molecule has 1 aromatic carbocycles. The number of carbonyl (C=O) groups excluding carboxylic acids is 1. The molecule has 2 atom stereocenters. The summed E-state index contributed by atoms with van der Waals surface area (Å²) in [5.74, 6) is 7.06. The highest BCUT2D eigenvalue weighted by molar-refractivity contribution is 7.22. The molecule has 2 N–H and O–H groups in total. The third kappa shape index (κ3) is 5.08. The topological polar surface area (TPSA) is 72.5 Å². The predicted octanol–water partition coefficient (Wildman–Crippen LogP) is 4.34. The second kappa shape index (κ2) is 8.27. The maximum atomic E-state index is 12.0. The molecule has 1 unspecified atom stereocenters. The molecular formula is C21H27N3O3S. The van der Waals surface area contributed by atoms with Gasteiger partial charge in [0.1, 0.15) is 11.4 Å². The van der Waals surface area contributed by atoms with Crippen molar-refractivity contribution in [3.05, 3.63) is 17.7 Å². The summed E-state index contributed by atoms with van der Waals surface area (Å²) in [4.78, 5) is 16.8. The lowest BCUT2D eigenvalue weighted by atomic mass is 10.1. The molecule has 0 saturated carbocycles. The molecule has 6 nitrogen and oxygen atoms in total.